The molecule has 0 atom stereocenters. The van der Waals surface area contributed by atoms with E-state index < -0.39 is 39.3 Å². The Morgan fingerprint density at radius 1 is 1.10 bits per heavy atom. The number of nitrogens with one attached hydrogen (secondary N) is 3. The van der Waals surface area contributed by atoms with Gasteiger partial charge < -0.3 is 15.7 Å². The first-order chi connectivity index (χ1) is 18.7. The first-order valence-electron chi connectivity index (χ1n) is 12.7. The highest BCUT2D eigenvalue weighted by Gasteiger charge is 2.40. The highest BCUT2D eigenvalue weighted by Crippen LogP contribution is 2.40. The van der Waals surface area contributed by atoms with Crippen molar-refractivity contribution in [3.8, 4) is 0 Å². The summed E-state index contributed by atoms with van der Waals surface area (Å²) in [6.45, 7) is 0.864. The van der Waals surface area contributed by atoms with Crippen LogP contribution < -0.4 is 16.1 Å². The molecule has 0 unspecified atom stereocenters. The molecule has 40 heavy (non-hydrogen) atoms. The van der Waals surface area contributed by atoms with E-state index in [1.54, 1.807) is 24.3 Å². The first kappa shape index (κ1) is 29.8. The topological polar surface area (TPSA) is 137 Å². The van der Waals surface area contributed by atoms with E-state index in [4.69, 9.17) is 0 Å². The van der Waals surface area contributed by atoms with Crippen LogP contribution in [0.1, 0.15) is 47.2 Å². The number of aliphatic hydroxyl groups is 1. The first-order valence-corrected chi connectivity index (χ1v) is 14.5. The van der Waals surface area contributed by atoms with Gasteiger partial charge in [-0.25, -0.2) is 5.48 Å². The maximum absolute atomic E-state index is 12.9. The molecule has 10 nitrogen and oxygen atoms in total. The second kappa shape index (κ2) is 11.7. The number of nitrogens with zero attached hydrogens (tertiary/aromatic N) is 1. The summed E-state index contributed by atoms with van der Waals surface area (Å²) < 4.78 is 65.6. The molecular weight excluding hydrogens is 553 g/mol. The van der Waals surface area contributed by atoms with Crippen LogP contribution in [0.15, 0.2) is 48.5 Å². The molecule has 2 aromatic carbocycles. The van der Waals surface area contributed by atoms with Crippen molar-refractivity contribution in [2.45, 2.75) is 49.5 Å². The summed E-state index contributed by atoms with van der Waals surface area (Å²) in [4.78, 5) is 26.7. The third-order valence-corrected chi connectivity index (χ3v) is 7.53. The highest BCUT2D eigenvalue weighted by molar-refractivity contribution is 7.86. The molecular formula is C26H31F3N4O6S. The molecule has 14 heteroatoms. The van der Waals surface area contributed by atoms with Gasteiger partial charge >= 0.3 is 6.18 Å². The van der Waals surface area contributed by atoms with Crippen LogP contribution in [-0.4, -0.2) is 68.2 Å². The molecule has 0 radical (unpaired) electrons. The highest BCUT2D eigenvalue weighted by atomic mass is 32.2. The minimum Gasteiger partial charge on any atom is -0.385 e. The van der Waals surface area contributed by atoms with Crippen LogP contribution in [-0.2, 0) is 31.0 Å². The van der Waals surface area contributed by atoms with Gasteiger partial charge in [-0.2, -0.15) is 25.9 Å². The van der Waals surface area contributed by atoms with Gasteiger partial charge in [-0.05, 0) is 61.6 Å². The Morgan fingerprint density at radius 3 is 2.42 bits per heavy atom. The van der Waals surface area contributed by atoms with Crippen molar-refractivity contribution in [1.82, 2.24) is 15.5 Å². The third kappa shape index (κ3) is 7.71. The Balaban J connectivity index is 1.19. The second-order valence-electron chi connectivity index (χ2n) is 10.2. The smallest absolute Gasteiger partial charge is 0.385 e. The molecule has 2 amide bonds. The van der Waals surface area contributed by atoms with Crippen LogP contribution >= 0.6 is 0 Å². The number of amides is 2. The van der Waals surface area contributed by atoms with Crippen LogP contribution in [0, 0.1) is 0 Å². The summed E-state index contributed by atoms with van der Waals surface area (Å²) in [7, 11) is -3.68. The lowest BCUT2D eigenvalue weighted by molar-refractivity contribution is -0.137. The fourth-order valence-electron chi connectivity index (χ4n) is 5.01. The number of hydrogen-bond acceptors (Lipinski definition) is 8. The van der Waals surface area contributed by atoms with E-state index in [0.717, 1.165) is 37.3 Å². The zero-order valence-electron chi connectivity index (χ0n) is 21.7. The summed E-state index contributed by atoms with van der Waals surface area (Å²) in [6.07, 6.45) is -1.19. The average Bonchev–Trinajstić information content (AvgIpc) is 2.88. The van der Waals surface area contributed by atoms with E-state index in [9.17, 15) is 36.3 Å². The van der Waals surface area contributed by atoms with Gasteiger partial charge in [-0.3, -0.25) is 14.5 Å². The lowest BCUT2D eigenvalue weighted by atomic mass is 9.76. The van der Waals surface area contributed by atoms with Crippen LogP contribution in [0.25, 0.3) is 0 Å². The maximum atomic E-state index is 12.9. The molecule has 1 heterocycles. The number of anilines is 1. The zero-order valence-corrected chi connectivity index (χ0v) is 22.5. The number of halogens is 3. The number of rotatable bonds is 9. The predicted molar refractivity (Wildman–Crippen MR) is 139 cm³/mol. The largest absolute Gasteiger partial charge is 0.416 e. The Hall–Kier alpha value is -3.20. The monoisotopic (exact) mass is 584 g/mol. The summed E-state index contributed by atoms with van der Waals surface area (Å²) in [5.41, 5.74) is 1.26. The second-order valence-corrected chi connectivity index (χ2v) is 11.8. The van der Waals surface area contributed by atoms with Crippen LogP contribution in [0.2, 0.25) is 0 Å². The number of carbonyl (C=O) groups is 2. The molecule has 2 aromatic rings. The zero-order chi connectivity index (χ0) is 29.1. The average molecular weight is 585 g/mol. The van der Waals surface area contributed by atoms with Crippen molar-refractivity contribution < 1.29 is 40.6 Å². The van der Waals surface area contributed by atoms with Gasteiger partial charge in [0.05, 0.1) is 35.7 Å². The molecule has 1 saturated carbocycles. The molecule has 2 fully saturated rings. The van der Waals surface area contributed by atoms with Crippen molar-refractivity contribution in [3.63, 3.8) is 0 Å². The van der Waals surface area contributed by atoms with Gasteiger partial charge in [0.25, 0.3) is 16.0 Å². The molecule has 2 aliphatic rings. The van der Waals surface area contributed by atoms with Gasteiger partial charge in [-0.15, -0.1) is 0 Å². The Bertz CT molecular complexity index is 1340. The molecule has 218 valence electrons. The van der Waals surface area contributed by atoms with Crippen LogP contribution in [0.5, 0.6) is 0 Å². The molecule has 1 saturated heterocycles. The standard InChI is InChI=1S/C26H31F3N4O6S/c1-40(37,38)39-32-20-7-3-5-18(13-20)25(36)10-8-22(9-11-25)33-15-21(16-33)31-23(34)14-30-24(35)17-4-2-6-19(12-17)26(27,28)29/h2-7,12-13,21-22,32,36H,8-11,14-16H2,1H3,(H,30,35)(H,31,34). The molecule has 4 rings (SSSR count). The van der Waals surface area contributed by atoms with Gasteiger partial charge in [0, 0.05) is 24.7 Å². The molecule has 4 N–H and O–H groups in total. The lowest BCUT2D eigenvalue weighted by Gasteiger charge is -2.48. The van der Waals surface area contributed by atoms with Crippen LogP contribution in [0.3, 0.4) is 0 Å². The SMILES string of the molecule is CS(=O)(=O)ONc1cccc(C2(O)CCC(N3CC(NC(=O)CNC(=O)c4cccc(C(F)(F)F)c4)C3)CC2)c1. The summed E-state index contributed by atoms with van der Waals surface area (Å²) in [6, 6.07) is 10.9. The van der Waals surface area contributed by atoms with Crippen molar-refractivity contribution in [2.24, 2.45) is 0 Å². The van der Waals surface area contributed by atoms with Crippen molar-refractivity contribution in [1.29, 1.82) is 0 Å². The fraction of sp³-hybridized carbons (Fsp3) is 0.462. The molecule has 0 aromatic heterocycles. The van der Waals surface area contributed by atoms with E-state index in [-0.39, 0.29) is 24.2 Å². The Kier molecular flexibility index (Phi) is 8.73. The van der Waals surface area contributed by atoms with E-state index in [1.807, 2.05) is 0 Å². The quantitative estimate of drug-likeness (QED) is 0.330. The number of benzene rings is 2. The van der Waals surface area contributed by atoms with Gasteiger partial charge in [0.15, 0.2) is 0 Å². The van der Waals surface area contributed by atoms with E-state index in [2.05, 4.69) is 25.3 Å². The van der Waals surface area contributed by atoms with Crippen molar-refractivity contribution in [2.75, 3.05) is 31.4 Å². The van der Waals surface area contributed by atoms with E-state index in [0.29, 0.717) is 37.2 Å². The minimum atomic E-state index is -4.57. The van der Waals surface area contributed by atoms with Gasteiger partial charge in [-0.1, -0.05) is 18.2 Å². The maximum Gasteiger partial charge on any atom is 0.416 e. The Labute approximate surface area is 230 Å². The Morgan fingerprint density at radius 2 is 1.77 bits per heavy atom. The number of likely N-dealkylation sites (tertiary alicyclic amines) is 1. The lowest BCUT2D eigenvalue weighted by Crippen LogP contribution is -2.63. The molecule has 1 aliphatic heterocycles. The number of alkyl halides is 3. The predicted octanol–water partition coefficient (Wildman–Crippen LogP) is 2.37. The summed E-state index contributed by atoms with van der Waals surface area (Å²) >= 11 is 0. The number of hydrogen-bond donors (Lipinski definition) is 4. The van der Waals surface area contributed by atoms with E-state index in [1.165, 1.54) is 6.07 Å². The molecule has 0 bridgehead atoms. The summed E-state index contributed by atoms with van der Waals surface area (Å²) in [5.74, 6) is -1.20. The molecule has 0 spiro atoms. The minimum absolute atomic E-state index is 0.114. The van der Waals surface area contributed by atoms with Gasteiger partial charge in [0.1, 0.15) is 0 Å². The normalized spacial score (nSPS) is 22.3. The van der Waals surface area contributed by atoms with Gasteiger partial charge in [0.2, 0.25) is 5.91 Å². The van der Waals surface area contributed by atoms with Crippen LogP contribution in [0.4, 0.5) is 18.9 Å². The van der Waals surface area contributed by atoms with Crippen molar-refractivity contribution in [3.05, 3.63) is 65.2 Å². The molecule has 1 aliphatic carbocycles. The third-order valence-electron chi connectivity index (χ3n) is 7.15. The number of carbonyl (C=O) groups excluding carboxylic acids is 2. The summed E-state index contributed by atoms with van der Waals surface area (Å²) in [5, 5.41) is 16.4. The van der Waals surface area contributed by atoms with E-state index >= 15 is 0 Å². The van der Waals surface area contributed by atoms with Crippen molar-refractivity contribution >= 4 is 27.6 Å². The fourth-order valence-corrected chi connectivity index (χ4v) is 5.26.